The van der Waals surface area contributed by atoms with Gasteiger partial charge in [0.2, 0.25) is 5.43 Å². The van der Waals surface area contributed by atoms with Crippen molar-refractivity contribution in [1.82, 2.24) is 9.58 Å². The average molecular weight is 544 g/mol. The van der Waals surface area contributed by atoms with Crippen molar-refractivity contribution < 1.29 is 36.9 Å². The Bertz CT molecular complexity index is 1610. The maximum Gasteiger partial charge on any atom is 0.415 e. The Kier molecular flexibility index (Phi) is 4.96. The summed E-state index contributed by atoms with van der Waals surface area (Å²) in [6.45, 7) is -0.930. The van der Waals surface area contributed by atoms with Crippen molar-refractivity contribution in [3.63, 3.8) is 0 Å². The molecule has 1 aromatic heterocycles. The summed E-state index contributed by atoms with van der Waals surface area (Å²) in [5.41, 5.74) is -0.294. The topological polar surface area (TPSA) is 87.5 Å². The monoisotopic (exact) mass is 544 g/mol. The molecular formula is C26H20F4N4O5. The number of fused-ring (bicyclic) bond motifs is 3. The number of hydrogen-bond donors (Lipinski definition) is 1. The number of nitrogens with zero attached hydrogens (tertiary/aromatic N) is 4. The number of benzene rings is 2. The average Bonchev–Trinajstić information content (AvgIpc) is 3.03. The van der Waals surface area contributed by atoms with Crippen LogP contribution in [-0.2, 0) is 11.3 Å². The highest BCUT2D eigenvalue weighted by atomic mass is 19.3. The van der Waals surface area contributed by atoms with E-state index in [9.17, 15) is 27.9 Å². The summed E-state index contributed by atoms with van der Waals surface area (Å²) in [7, 11) is 0. The van der Waals surface area contributed by atoms with Crippen LogP contribution in [-0.4, -0.2) is 59.2 Å². The second-order valence-electron chi connectivity index (χ2n) is 9.78. The van der Waals surface area contributed by atoms with Crippen molar-refractivity contribution in [2.24, 2.45) is 0 Å². The van der Waals surface area contributed by atoms with Crippen molar-refractivity contribution >= 4 is 11.6 Å². The van der Waals surface area contributed by atoms with Crippen molar-refractivity contribution in [2.45, 2.75) is 24.9 Å². The molecule has 1 amide bonds. The van der Waals surface area contributed by atoms with Gasteiger partial charge in [-0.15, -0.1) is 0 Å². The number of carbonyl (C=O) groups excluding carboxylic acids is 1. The Labute approximate surface area is 217 Å². The van der Waals surface area contributed by atoms with E-state index in [1.807, 2.05) is 0 Å². The van der Waals surface area contributed by atoms with E-state index in [1.54, 1.807) is 11.1 Å². The number of ether oxygens (including phenoxy) is 2. The molecule has 1 N–H and O–H groups in total. The number of pyridine rings is 1. The number of anilines is 1. The van der Waals surface area contributed by atoms with Crippen molar-refractivity contribution in [1.29, 1.82) is 0 Å². The maximum absolute atomic E-state index is 15.4. The number of amides is 1. The Hall–Kier alpha value is -4.26. The van der Waals surface area contributed by atoms with Crippen LogP contribution in [0.25, 0.3) is 0 Å². The first-order valence-corrected chi connectivity index (χ1v) is 12.2. The van der Waals surface area contributed by atoms with Gasteiger partial charge >= 0.3 is 6.11 Å². The molecule has 3 aromatic rings. The van der Waals surface area contributed by atoms with Gasteiger partial charge in [0.05, 0.1) is 18.9 Å². The minimum Gasteiger partial charge on any atom is -0.502 e. The third-order valence-electron chi connectivity index (χ3n) is 7.59. The standard InChI is InChI=1S/C26H20F4N4O5/c27-16-5-4-13-15(20(16)28)10-31-12-26(29,30)39-18-3-1-2-14(22(18)31)21(13)34-19-11-38-9-8-32(19)25(37)23-24(36)17(35)6-7-33(23)34/h1-7,19,21,36H,8-12H2/t19-,21-/m1/s1. The fraction of sp³-hybridized carbons (Fsp3) is 0.308. The summed E-state index contributed by atoms with van der Waals surface area (Å²) in [6.07, 6.45) is -3.08. The number of rotatable bonds is 1. The van der Waals surface area contributed by atoms with Gasteiger partial charge in [0.25, 0.3) is 5.91 Å². The summed E-state index contributed by atoms with van der Waals surface area (Å²) in [5.74, 6) is -3.84. The molecule has 1 fully saturated rings. The number of morpholine rings is 1. The molecule has 4 aliphatic heterocycles. The molecule has 13 heteroatoms. The van der Waals surface area contributed by atoms with E-state index in [0.29, 0.717) is 5.56 Å². The molecule has 202 valence electrons. The van der Waals surface area contributed by atoms with Gasteiger partial charge in [-0.25, -0.2) is 8.78 Å². The smallest absolute Gasteiger partial charge is 0.415 e. The Morgan fingerprint density at radius 3 is 2.69 bits per heavy atom. The highest BCUT2D eigenvalue weighted by Gasteiger charge is 2.49. The van der Waals surface area contributed by atoms with Crippen LogP contribution in [0.15, 0.2) is 47.4 Å². The number of carbonyl (C=O) groups is 1. The van der Waals surface area contributed by atoms with Crippen LogP contribution in [0.3, 0.4) is 0 Å². The Balaban J connectivity index is 1.56. The van der Waals surface area contributed by atoms with Gasteiger partial charge in [-0.2, -0.15) is 8.78 Å². The number of halogens is 4. The zero-order valence-electron chi connectivity index (χ0n) is 20.1. The lowest BCUT2D eigenvalue weighted by Crippen LogP contribution is -2.66. The Morgan fingerprint density at radius 1 is 1.05 bits per heavy atom. The van der Waals surface area contributed by atoms with Gasteiger partial charge in [-0.05, 0) is 17.7 Å². The minimum absolute atomic E-state index is 0.0148. The third-order valence-corrected chi connectivity index (χ3v) is 7.59. The molecule has 2 atom stereocenters. The SMILES string of the molecule is O=C1c2c(O)c(=O)ccn2N([C@@H]2c3ccc(F)c(F)c3CN3CC(F)(F)Oc4cccc2c43)[C@@H]2COCCN12. The quantitative estimate of drug-likeness (QED) is 0.472. The normalized spacial score (nSPS) is 22.8. The molecule has 0 spiro atoms. The van der Waals surface area contributed by atoms with Gasteiger partial charge in [0, 0.05) is 36.5 Å². The fourth-order valence-corrected chi connectivity index (χ4v) is 6.01. The third kappa shape index (κ3) is 3.35. The van der Waals surface area contributed by atoms with Crippen LogP contribution in [0.4, 0.5) is 23.2 Å². The molecule has 0 bridgehead atoms. The van der Waals surface area contributed by atoms with Crippen LogP contribution in [0, 0.1) is 11.6 Å². The fourth-order valence-electron chi connectivity index (χ4n) is 6.01. The molecule has 1 saturated heterocycles. The number of alkyl halides is 2. The largest absolute Gasteiger partial charge is 0.502 e. The molecule has 9 nitrogen and oxygen atoms in total. The van der Waals surface area contributed by atoms with E-state index < -0.39 is 53.6 Å². The number of hydrogen-bond acceptors (Lipinski definition) is 7. The minimum atomic E-state index is -3.58. The highest BCUT2D eigenvalue weighted by Crippen LogP contribution is 2.50. The van der Waals surface area contributed by atoms with Crippen LogP contribution < -0.4 is 20.1 Å². The van der Waals surface area contributed by atoms with E-state index in [2.05, 4.69) is 0 Å². The summed E-state index contributed by atoms with van der Waals surface area (Å²) < 4.78 is 71.2. The lowest BCUT2D eigenvalue weighted by molar-refractivity contribution is -0.172. The van der Waals surface area contributed by atoms with Gasteiger partial charge < -0.3 is 24.4 Å². The predicted molar refractivity (Wildman–Crippen MR) is 127 cm³/mol. The molecule has 2 aromatic carbocycles. The van der Waals surface area contributed by atoms with Gasteiger partial charge in [-0.1, -0.05) is 18.2 Å². The predicted octanol–water partition coefficient (Wildman–Crippen LogP) is 2.68. The van der Waals surface area contributed by atoms with Gasteiger partial charge in [0.1, 0.15) is 24.5 Å². The Morgan fingerprint density at radius 2 is 1.87 bits per heavy atom. The zero-order valence-corrected chi connectivity index (χ0v) is 20.1. The molecule has 0 radical (unpaired) electrons. The van der Waals surface area contributed by atoms with Crippen LogP contribution >= 0.6 is 0 Å². The lowest BCUT2D eigenvalue weighted by atomic mass is 9.92. The van der Waals surface area contributed by atoms with Gasteiger partial charge in [-0.3, -0.25) is 19.3 Å². The molecule has 0 unspecified atom stereocenters. The molecular weight excluding hydrogens is 524 g/mol. The summed E-state index contributed by atoms with van der Waals surface area (Å²) in [5, 5.41) is 12.3. The molecule has 0 saturated carbocycles. The summed E-state index contributed by atoms with van der Waals surface area (Å²) in [4.78, 5) is 28.5. The van der Waals surface area contributed by atoms with E-state index in [4.69, 9.17) is 9.47 Å². The number of aromatic nitrogens is 1. The molecule has 39 heavy (non-hydrogen) atoms. The second-order valence-corrected chi connectivity index (χ2v) is 9.78. The summed E-state index contributed by atoms with van der Waals surface area (Å²) in [6, 6.07) is 6.95. The molecule has 7 rings (SSSR count). The van der Waals surface area contributed by atoms with Gasteiger partial charge in [0.15, 0.2) is 23.1 Å². The number of aromatic hydroxyl groups is 1. The zero-order chi connectivity index (χ0) is 27.2. The van der Waals surface area contributed by atoms with Crippen LogP contribution in [0.2, 0.25) is 0 Å². The van der Waals surface area contributed by atoms with Crippen LogP contribution in [0.5, 0.6) is 11.5 Å². The van der Waals surface area contributed by atoms with E-state index in [0.717, 1.165) is 12.1 Å². The highest BCUT2D eigenvalue weighted by molar-refractivity contribution is 5.96. The van der Waals surface area contributed by atoms with E-state index in [1.165, 1.54) is 38.9 Å². The van der Waals surface area contributed by atoms with E-state index in [-0.39, 0.29) is 54.6 Å². The number of para-hydroxylation sites is 1. The van der Waals surface area contributed by atoms with Crippen molar-refractivity contribution in [3.8, 4) is 11.5 Å². The lowest BCUT2D eigenvalue weighted by Gasteiger charge is -2.51. The first-order valence-electron chi connectivity index (χ1n) is 12.2. The van der Waals surface area contributed by atoms with Crippen LogP contribution in [0.1, 0.15) is 33.2 Å². The maximum atomic E-state index is 15.4. The molecule has 5 heterocycles. The second kappa shape index (κ2) is 8.12. The van der Waals surface area contributed by atoms with Crippen molar-refractivity contribution in [3.05, 3.63) is 86.8 Å². The van der Waals surface area contributed by atoms with E-state index >= 15 is 4.39 Å². The summed E-state index contributed by atoms with van der Waals surface area (Å²) >= 11 is 0. The first kappa shape index (κ1) is 23.8. The molecule has 0 aliphatic carbocycles. The first-order chi connectivity index (χ1) is 18.7. The van der Waals surface area contributed by atoms with Crippen molar-refractivity contribution in [2.75, 3.05) is 36.2 Å². The molecule has 4 aliphatic rings.